The van der Waals surface area contributed by atoms with Crippen LogP contribution >= 0.6 is 0 Å². The van der Waals surface area contributed by atoms with Crippen molar-refractivity contribution in [1.29, 1.82) is 0 Å². The molecule has 2 rings (SSSR count). The molecular weight excluding hydrogens is 252 g/mol. The third-order valence-corrected chi connectivity index (χ3v) is 3.28. The highest BCUT2D eigenvalue weighted by molar-refractivity contribution is 5.78. The van der Waals surface area contributed by atoms with E-state index in [4.69, 9.17) is 4.74 Å². The summed E-state index contributed by atoms with van der Waals surface area (Å²) in [5.41, 5.74) is 0.547. The van der Waals surface area contributed by atoms with E-state index < -0.39 is 0 Å². The number of para-hydroxylation sites is 1. The maximum absolute atomic E-state index is 11.9. The molecule has 0 aliphatic carbocycles. The lowest BCUT2D eigenvalue weighted by Crippen LogP contribution is -2.47. The molecule has 1 atom stereocenters. The van der Waals surface area contributed by atoms with E-state index in [-0.39, 0.29) is 29.6 Å². The van der Waals surface area contributed by atoms with Gasteiger partial charge >= 0.3 is 0 Å². The minimum Gasteiger partial charge on any atom is -0.486 e. The van der Waals surface area contributed by atoms with Crippen molar-refractivity contribution in [2.24, 2.45) is 0 Å². The van der Waals surface area contributed by atoms with Gasteiger partial charge in [-0.1, -0.05) is 18.2 Å². The van der Waals surface area contributed by atoms with Gasteiger partial charge in [-0.3, -0.25) is 10.1 Å². The number of nitrogens with one attached hydrogen (secondary N) is 2. The molecule has 4 heteroatoms. The van der Waals surface area contributed by atoms with Crippen molar-refractivity contribution in [3.05, 3.63) is 29.8 Å². The minimum absolute atomic E-state index is 0.00215. The zero-order chi connectivity index (χ0) is 15.0. The molecule has 2 N–H and O–H groups in total. The van der Waals surface area contributed by atoms with Crippen LogP contribution in [0, 0.1) is 0 Å². The number of benzene rings is 1. The maximum atomic E-state index is 11.9. The number of ether oxygens (including phenoxy) is 1. The van der Waals surface area contributed by atoms with Gasteiger partial charge in [-0.2, -0.15) is 0 Å². The molecule has 1 aromatic rings. The largest absolute Gasteiger partial charge is 0.486 e. The predicted molar refractivity (Wildman–Crippen MR) is 79.8 cm³/mol. The molecule has 0 radical (unpaired) electrons. The van der Waals surface area contributed by atoms with Crippen LogP contribution in [0.3, 0.4) is 0 Å². The van der Waals surface area contributed by atoms with E-state index in [0.29, 0.717) is 0 Å². The van der Waals surface area contributed by atoms with Crippen molar-refractivity contribution in [3.8, 4) is 5.75 Å². The highest BCUT2D eigenvalue weighted by atomic mass is 16.5. The first-order valence-electron chi connectivity index (χ1n) is 7.01. The lowest BCUT2D eigenvalue weighted by Gasteiger charge is -2.28. The normalized spacial score (nSPS) is 20.1. The van der Waals surface area contributed by atoms with Crippen LogP contribution in [-0.2, 0) is 4.79 Å². The van der Waals surface area contributed by atoms with E-state index >= 15 is 0 Å². The quantitative estimate of drug-likeness (QED) is 0.891. The molecule has 20 heavy (non-hydrogen) atoms. The molecule has 0 spiro atoms. The topological polar surface area (TPSA) is 50.4 Å². The van der Waals surface area contributed by atoms with Crippen molar-refractivity contribution < 1.29 is 9.53 Å². The van der Waals surface area contributed by atoms with Gasteiger partial charge in [-0.25, -0.2) is 0 Å². The van der Waals surface area contributed by atoms with Gasteiger partial charge in [-0.05, 0) is 40.7 Å². The molecule has 1 heterocycles. The molecule has 0 saturated carbocycles. The lowest BCUT2D eigenvalue weighted by atomic mass is 9.94. The zero-order valence-electron chi connectivity index (χ0n) is 12.9. The molecular formula is C16H24N2O2. The molecule has 0 aromatic heterocycles. The molecule has 1 unspecified atom stereocenters. The van der Waals surface area contributed by atoms with E-state index in [1.807, 2.05) is 58.9 Å². The minimum atomic E-state index is -0.355. The number of hydrogen-bond acceptors (Lipinski definition) is 3. The fraction of sp³-hybridized carbons (Fsp3) is 0.562. The van der Waals surface area contributed by atoms with E-state index in [9.17, 15) is 4.79 Å². The number of carbonyl (C=O) groups is 1. The molecule has 1 aromatic carbocycles. The predicted octanol–water partition coefficient (Wildman–Crippen LogP) is 2.40. The number of carbonyl (C=O) groups excluding carboxylic acids is 1. The van der Waals surface area contributed by atoms with E-state index in [2.05, 4.69) is 10.6 Å². The molecule has 1 aliphatic heterocycles. The van der Waals surface area contributed by atoms with Gasteiger partial charge in [0.1, 0.15) is 11.4 Å². The van der Waals surface area contributed by atoms with Gasteiger partial charge < -0.3 is 10.1 Å². The molecule has 110 valence electrons. The number of fused-ring (bicyclic) bond motifs is 1. The smallest absolute Gasteiger partial charge is 0.234 e. The summed E-state index contributed by atoms with van der Waals surface area (Å²) in [5.74, 6) is 0.893. The summed E-state index contributed by atoms with van der Waals surface area (Å²) in [5, 5.41) is 6.27. The number of hydrogen-bond donors (Lipinski definition) is 2. The van der Waals surface area contributed by atoms with Crippen molar-refractivity contribution in [2.75, 3.05) is 6.54 Å². The number of rotatable bonds is 3. The SMILES string of the molecule is CC(C)(C)NC(=O)CNC1c2ccccc2OC1(C)C. The van der Waals surface area contributed by atoms with Crippen molar-refractivity contribution >= 4 is 5.91 Å². The van der Waals surface area contributed by atoms with Gasteiger partial charge in [0.05, 0.1) is 12.6 Å². The standard InChI is InChI=1S/C16H24N2O2/c1-15(2,3)18-13(19)10-17-14-11-8-6-7-9-12(11)20-16(14,4)5/h6-9,14,17H,10H2,1-5H3,(H,18,19). The third kappa shape index (κ3) is 3.31. The summed E-state index contributed by atoms with van der Waals surface area (Å²) in [7, 11) is 0. The fourth-order valence-corrected chi connectivity index (χ4v) is 2.54. The van der Waals surface area contributed by atoms with Crippen LogP contribution in [0.1, 0.15) is 46.2 Å². The van der Waals surface area contributed by atoms with E-state index in [1.165, 1.54) is 0 Å². The van der Waals surface area contributed by atoms with Crippen LogP contribution in [-0.4, -0.2) is 23.6 Å². The maximum Gasteiger partial charge on any atom is 0.234 e. The Kier molecular flexibility index (Phi) is 3.78. The van der Waals surface area contributed by atoms with Gasteiger partial charge in [0, 0.05) is 11.1 Å². The summed E-state index contributed by atoms with van der Waals surface area (Å²) >= 11 is 0. The first kappa shape index (κ1) is 14.9. The molecule has 4 nitrogen and oxygen atoms in total. The second-order valence-corrected chi connectivity index (χ2v) is 6.86. The molecule has 1 amide bonds. The zero-order valence-corrected chi connectivity index (χ0v) is 12.9. The first-order valence-corrected chi connectivity index (χ1v) is 7.01. The van der Waals surface area contributed by atoms with E-state index in [1.54, 1.807) is 0 Å². The third-order valence-electron chi connectivity index (χ3n) is 3.28. The second-order valence-electron chi connectivity index (χ2n) is 6.86. The summed E-state index contributed by atoms with van der Waals surface area (Å²) in [4.78, 5) is 11.9. The molecule has 0 saturated heterocycles. The molecule has 0 fully saturated rings. The Balaban J connectivity index is 2.04. The van der Waals surface area contributed by atoms with Crippen molar-refractivity contribution in [2.45, 2.75) is 51.8 Å². The molecule has 0 bridgehead atoms. The summed E-state index contributed by atoms with van der Waals surface area (Å²) in [6, 6.07) is 7.98. The summed E-state index contributed by atoms with van der Waals surface area (Å²) in [6.45, 7) is 10.3. The van der Waals surface area contributed by atoms with Crippen molar-refractivity contribution in [1.82, 2.24) is 10.6 Å². The second kappa shape index (κ2) is 5.09. The summed E-state index contributed by atoms with van der Waals surface area (Å²) < 4.78 is 5.95. The Bertz CT molecular complexity index is 503. The van der Waals surface area contributed by atoms with Crippen LogP contribution in [0.5, 0.6) is 5.75 Å². The van der Waals surface area contributed by atoms with Crippen LogP contribution < -0.4 is 15.4 Å². The Morgan fingerprint density at radius 3 is 2.60 bits per heavy atom. The van der Waals surface area contributed by atoms with E-state index in [0.717, 1.165) is 11.3 Å². The average molecular weight is 276 g/mol. The van der Waals surface area contributed by atoms with Crippen LogP contribution in [0.4, 0.5) is 0 Å². The Morgan fingerprint density at radius 1 is 1.30 bits per heavy atom. The van der Waals surface area contributed by atoms with Crippen molar-refractivity contribution in [3.63, 3.8) is 0 Å². The highest BCUT2D eigenvalue weighted by Crippen LogP contribution is 2.42. The fourth-order valence-electron chi connectivity index (χ4n) is 2.54. The van der Waals surface area contributed by atoms with Crippen LogP contribution in [0.2, 0.25) is 0 Å². The summed E-state index contributed by atoms with van der Waals surface area (Å²) in [6.07, 6.45) is 0. The Labute approximate surface area is 120 Å². The Hall–Kier alpha value is -1.55. The van der Waals surface area contributed by atoms with Gasteiger partial charge in [0.25, 0.3) is 0 Å². The van der Waals surface area contributed by atoms with Crippen LogP contribution in [0.15, 0.2) is 24.3 Å². The average Bonchev–Trinajstić information content (AvgIpc) is 2.53. The van der Waals surface area contributed by atoms with Gasteiger partial charge in [-0.15, -0.1) is 0 Å². The van der Waals surface area contributed by atoms with Gasteiger partial charge in [0.15, 0.2) is 0 Å². The Morgan fingerprint density at radius 2 is 1.95 bits per heavy atom. The van der Waals surface area contributed by atoms with Crippen LogP contribution in [0.25, 0.3) is 0 Å². The first-order chi connectivity index (χ1) is 9.19. The van der Waals surface area contributed by atoms with Gasteiger partial charge in [0.2, 0.25) is 5.91 Å². The monoisotopic (exact) mass is 276 g/mol. The lowest BCUT2D eigenvalue weighted by molar-refractivity contribution is -0.121. The number of amides is 1. The highest BCUT2D eigenvalue weighted by Gasteiger charge is 2.40. The molecule has 1 aliphatic rings.